The zero-order chi connectivity index (χ0) is 14.2. The van der Waals surface area contributed by atoms with Gasteiger partial charge in [0, 0.05) is 0 Å². The number of esters is 1. The van der Waals surface area contributed by atoms with E-state index < -0.39 is 42.5 Å². The van der Waals surface area contributed by atoms with Gasteiger partial charge in [0.05, 0.1) is 18.4 Å². The molecule has 1 N–H and O–H groups in total. The van der Waals surface area contributed by atoms with Gasteiger partial charge in [-0.05, 0) is 20.3 Å². The van der Waals surface area contributed by atoms with Crippen LogP contribution in [0.1, 0.15) is 33.6 Å². The fourth-order valence-electron chi connectivity index (χ4n) is 1.39. The normalized spacial score (nSPS) is 29.4. The lowest BCUT2D eigenvalue weighted by molar-refractivity contribution is -0.349. The summed E-state index contributed by atoms with van der Waals surface area (Å²) in [6.45, 7) is 4.60. The largest absolute Gasteiger partial charge is 0.459 e. The van der Waals surface area contributed by atoms with Crippen molar-refractivity contribution in [2.75, 3.05) is 6.61 Å². The first-order valence-electron chi connectivity index (χ1n) is 5.66. The van der Waals surface area contributed by atoms with E-state index in [0.29, 0.717) is 6.42 Å². The van der Waals surface area contributed by atoms with Gasteiger partial charge in [0.2, 0.25) is 0 Å². The quantitative estimate of drug-likeness (QED) is 0.797. The molecule has 0 aliphatic carbocycles. The van der Waals surface area contributed by atoms with E-state index in [1.807, 2.05) is 0 Å². The minimum absolute atomic E-state index is 0.457. The zero-order valence-electron chi connectivity index (χ0n) is 10.5. The summed E-state index contributed by atoms with van der Waals surface area (Å²) in [5.74, 6) is -3.81. The summed E-state index contributed by atoms with van der Waals surface area (Å²) in [5.41, 5.74) is -0.765. The highest BCUT2D eigenvalue weighted by molar-refractivity contribution is 5.76. The van der Waals surface area contributed by atoms with Gasteiger partial charge in [-0.1, -0.05) is 6.92 Å². The second kappa shape index (κ2) is 4.70. The van der Waals surface area contributed by atoms with Crippen LogP contribution in [-0.2, 0) is 14.3 Å². The molecule has 18 heavy (non-hydrogen) atoms. The Hall–Kier alpha value is -0.820. The topological polar surface area (TPSA) is 55.8 Å². The monoisotopic (exact) mass is 270 g/mol. The molecule has 0 aromatic carbocycles. The molecule has 0 bridgehead atoms. The second-order valence-corrected chi connectivity index (χ2v) is 5.06. The lowest BCUT2D eigenvalue weighted by Gasteiger charge is -2.25. The Labute approximate surface area is 103 Å². The van der Waals surface area contributed by atoms with Gasteiger partial charge < -0.3 is 14.6 Å². The number of aliphatic hydroxyl groups is 1. The van der Waals surface area contributed by atoms with Gasteiger partial charge in [0.25, 0.3) is 5.79 Å². The standard InChI is InChI=1S/C11H17F3O4/c1-4-9(2,3)8(15)18-7-5-10(16,17-6-7)11(12,13)14/h7,16H,4-6H2,1-3H3. The van der Waals surface area contributed by atoms with Gasteiger partial charge >= 0.3 is 12.1 Å². The molecule has 0 saturated carbocycles. The first-order chi connectivity index (χ1) is 8.02. The van der Waals surface area contributed by atoms with Crippen molar-refractivity contribution in [1.82, 2.24) is 0 Å². The molecule has 4 nitrogen and oxygen atoms in total. The van der Waals surface area contributed by atoms with E-state index >= 15 is 0 Å². The highest BCUT2D eigenvalue weighted by atomic mass is 19.4. The van der Waals surface area contributed by atoms with Crippen LogP contribution in [-0.4, -0.2) is 35.8 Å². The van der Waals surface area contributed by atoms with Crippen molar-refractivity contribution in [2.24, 2.45) is 5.41 Å². The fraction of sp³-hybridized carbons (Fsp3) is 0.909. The van der Waals surface area contributed by atoms with Crippen molar-refractivity contribution < 1.29 is 32.5 Å². The molecule has 106 valence electrons. The third kappa shape index (κ3) is 2.95. The SMILES string of the molecule is CCC(C)(C)C(=O)OC1COC(O)(C(F)(F)F)C1. The van der Waals surface area contributed by atoms with E-state index in [-0.39, 0.29) is 0 Å². The molecule has 0 aromatic rings. The Bertz CT molecular complexity index is 327. The maximum Gasteiger partial charge on any atom is 0.443 e. The third-order valence-electron chi connectivity index (χ3n) is 3.17. The Morgan fingerprint density at radius 2 is 2.06 bits per heavy atom. The predicted octanol–water partition coefficient (Wildman–Crippen LogP) is 2.01. The summed E-state index contributed by atoms with van der Waals surface area (Å²) in [5, 5.41) is 9.23. The molecule has 0 aromatic heterocycles. The van der Waals surface area contributed by atoms with Gasteiger partial charge in [-0.15, -0.1) is 0 Å². The number of carbonyl (C=O) groups excluding carboxylic acids is 1. The molecule has 0 spiro atoms. The number of rotatable bonds is 3. The lowest BCUT2D eigenvalue weighted by atomic mass is 9.90. The summed E-state index contributed by atoms with van der Waals surface area (Å²) in [6.07, 6.45) is -6.26. The molecule has 1 fully saturated rings. The molecule has 2 unspecified atom stereocenters. The van der Waals surface area contributed by atoms with E-state index in [1.165, 1.54) is 0 Å². The number of alkyl halides is 3. The minimum atomic E-state index is -4.89. The van der Waals surface area contributed by atoms with Gasteiger partial charge in [-0.3, -0.25) is 4.79 Å². The van der Waals surface area contributed by atoms with E-state index in [2.05, 4.69) is 4.74 Å². The van der Waals surface area contributed by atoms with Gasteiger partial charge in [0.15, 0.2) is 0 Å². The Balaban J connectivity index is 2.62. The van der Waals surface area contributed by atoms with Crippen LogP contribution in [0.25, 0.3) is 0 Å². The summed E-state index contributed by atoms with van der Waals surface area (Å²) < 4.78 is 46.6. The van der Waals surface area contributed by atoms with Crippen LogP contribution < -0.4 is 0 Å². The number of hydrogen-bond donors (Lipinski definition) is 1. The van der Waals surface area contributed by atoms with Crippen LogP contribution in [0.5, 0.6) is 0 Å². The first kappa shape index (κ1) is 15.2. The molecule has 1 saturated heterocycles. The van der Waals surface area contributed by atoms with Crippen LogP contribution in [0.2, 0.25) is 0 Å². The molecule has 7 heteroatoms. The van der Waals surface area contributed by atoms with Crippen molar-refractivity contribution in [3.63, 3.8) is 0 Å². The second-order valence-electron chi connectivity index (χ2n) is 5.06. The average Bonchev–Trinajstić information content (AvgIpc) is 2.60. The van der Waals surface area contributed by atoms with Crippen LogP contribution in [0.3, 0.4) is 0 Å². The maximum atomic E-state index is 12.4. The van der Waals surface area contributed by atoms with E-state index in [9.17, 15) is 23.1 Å². The summed E-state index contributed by atoms with van der Waals surface area (Å²) >= 11 is 0. The highest BCUT2D eigenvalue weighted by Crippen LogP contribution is 2.40. The van der Waals surface area contributed by atoms with Crippen molar-refractivity contribution in [2.45, 2.75) is 51.7 Å². The van der Waals surface area contributed by atoms with Crippen LogP contribution in [0, 0.1) is 5.41 Å². The van der Waals surface area contributed by atoms with Crippen LogP contribution >= 0.6 is 0 Å². The molecular formula is C11H17F3O4. The van der Waals surface area contributed by atoms with Crippen molar-refractivity contribution in [1.29, 1.82) is 0 Å². The molecule has 0 radical (unpaired) electrons. The van der Waals surface area contributed by atoms with Gasteiger partial charge in [-0.2, -0.15) is 13.2 Å². The van der Waals surface area contributed by atoms with Crippen molar-refractivity contribution in [3.05, 3.63) is 0 Å². The number of halogens is 3. The molecule has 0 amide bonds. The van der Waals surface area contributed by atoms with E-state index in [1.54, 1.807) is 20.8 Å². The molecular weight excluding hydrogens is 253 g/mol. The zero-order valence-corrected chi connectivity index (χ0v) is 10.5. The first-order valence-corrected chi connectivity index (χ1v) is 5.66. The van der Waals surface area contributed by atoms with Crippen molar-refractivity contribution >= 4 is 5.97 Å². The number of hydrogen-bond acceptors (Lipinski definition) is 4. The van der Waals surface area contributed by atoms with E-state index in [0.717, 1.165) is 0 Å². The Morgan fingerprint density at radius 1 is 1.50 bits per heavy atom. The van der Waals surface area contributed by atoms with Gasteiger partial charge in [-0.25, -0.2) is 0 Å². The smallest absolute Gasteiger partial charge is 0.443 e. The number of carbonyl (C=O) groups is 1. The summed E-state index contributed by atoms with van der Waals surface area (Å²) in [6, 6.07) is 0. The van der Waals surface area contributed by atoms with Crippen molar-refractivity contribution in [3.8, 4) is 0 Å². The van der Waals surface area contributed by atoms with Crippen LogP contribution in [0.15, 0.2) is 0 Å². The summed E-state index contributed by atoms with van der Waals surface area (Å²) in [4.78, 5) is 11.7. The average molecular weight is 270 g/mol. The van der Waals surface area contributed by atoms with Gasteiger partial charge in [0.1, 0.15) is 6.10 Å². The molecule has 1 rings (SSSR count). The Morgan fingerprint density at radius 3 is 2.44 bits per heavy atom. The van der Waals surface area contributed by atoms with E-state index in [4.69, 9.17) is 4.74 Å². The fourth-order valence-corrected chi connectivity index (χ4v) is 1.39. The van der Waals surface area contributed by atoms with Crippen LogP contribution in [0.4, 0.5) is 13.2 Å². The number of ether oxygens (including phenoxy) is 2. The molecule has 1 heterocycles. The third-order valence-corrected chi connectivity index (χ3v) is 3.17. The summed E-state index contributed by atoms with van der Waals surface area (Å²) in [7, 11) is 0. The minimum Gasteiger partial charge on any atom is -0.459 e. The molecule has 2 atom stereocenters. The lowest BCUT2D eigenvalue weighted by Crippen LogP contribution is -2.45. The Kier molecular flexibility index (Phi) is 3.97. The predicted molar refractivity (Wildman–Crippen MR) is 55.5 cm³/mol. The maximum absolute atomic E-state index is 12.4. The molecule has 1 aliphatic rings. The molecule has 1 aliphatic heterocycles. The highest BCUT2D eigenvalue weighted by Gasteiger charge is 2.60.